The summed E-state index contributed by atoms with van der Waals surface area (Å²) < 4.78 is 28.2. The third-order valence-electron chi connectivity index (χ3n) is 6.21. The molecule has 6 heteroatoms. The molecule has 3 aromatic carbocycles. The molecular formula is C27H30N2O3S. The zero-order chi connectivity index (χ0) is 23.3. The lowest BCUT2D eigenvalue weighted by atomic mass is 9.87. The van der Waals surface area contributed by atoms with Crippen molar-refractivity contribution < 1.29 is 13.2 Å². The highest BCUT2D eigenvalue weighted by atomic mass is 32.2. The van der Waals surface area contributed by atoms with Crippen LogP contribution in [0.5, 0.6) is 0 Å². The molecule has 0 saturated carbocycles. The zero-order valence-corrected chi connectivity index (χ0v) is 19.6. The summed E-state index contributed by atoms with van der Waals surface area (Å²) >= 11 is 0. The first-order valence-corrected chi connectivity index (χ1v) is 12.9. The molecular weight excluding hydrogens is 432 g/mol. The summed E-state index contributed by atoms with van der Waals surface area (Å²) in [5, 5.41) is 3.17. The molecule has 1 amide bonds. The average Bonchev–Trinajstić information content (AvgIpc) is 2.83. The Morgan fingerprint density at radius 2 is 1.67 bits per heavy atom. The van der Waals surface area contributed by atoms with E-state index in [0.717, 1.165) is 30.4 Å². The largest absolute Gasteiger partial charge is 0.349 e. The fourth-order valence-corrected chi connectivity index (χ4v) is 5.61. The summed E-state index contributed by atoms with van der Waals surface area (Å²) in [4.78, 5) is 12.8. The Morgan fingerprint density at radius 1 is 0.970 bits per heavy atom. The molecule has 0 aliphatic heterocycles. The van der Waals surface area contributed by atoms with Crippen molar-refractivity contribution in [1.82, 2.24) is 10.0 Å². The van der Waals surface area contributed by atoms with Crippen molar-refractivity contribution >= 4 is 15.9 Å². The number of benzene rings is 3. The molecule has 2 atom stereocenters. The maximum Gasteiger partial charge on any atom is 0.241 e. The number of hydrogen-bond donors (Lipinski definition) is 2. The Bertz CT molecular complexity index is 1190. The van der Waals surface area contributed by atoms with Crippen LogP contribution in [0.1, 0.15) is 60.5 Å². The molecule has 1 aliphatic carbocycles. The zero-order valence-electron chi connectivity index (χ0n) is 18.8. The molecule has 0 spiro atoms. The van der Waals surface area contributed by atoms with Crippen molar-refractivity contribution in [2.45, 2.75) is 56.0 Å². The van der Waals surface area contributed by atoms with Gasteiger partial charge in [0.1, 0.15) is 0 Å². The number of nitrogens with one attached hydrogen (secondary N) is 2. The molecule has 0 fully saturated rings. The highest BCUT2D eigenvalue weighted by molar-refractivity contribution is 7.89. The quantitative estimate of drug-likeness (QED) is 0.502. The standard InChI is InChI=1S/C27H30N2O3S/c1-20(22-8-3-2-4-9-22)29-33(31,32)24-17-14-21(15-18-24)16-19-27(30)28-26-13-7-11-23-10-5-6-12-25(23)26/h2-6,8-10,12,14-15,17-18,20,26,29H,7,11,13,16,19H2,1H3,(H,28,30)/t20-,26+/m0/s1. The minimum atomic E-state index is -3.63. The van der Waals surface area contributed by atoms with Gasteiger partial charge in [-0.1, -0.05) is 66.7 Å². The van der Waals surface area contributed by atoms with Gasteiger partial charge in [0.25, 0.3) is 0 Å². The van der Waals surface area contributed by atoms with E-state index in [1.165, 1.54) is 11.1 Å². The summed E-state index contributed by atoms with van der Waals surface area (Å²) in [5.74, 6) is 0.0201. The smallest absolute Gasteiger partial charge is 0.241 e. The van der Waals surface area contributed by atoms with Crippen LogP contribution in [0.25, 0.3) is 0 Å². The van der Waals surface area contributed by atoms with Crippen molar-refractivity contribution in [1.29, 1.82) is 0 Å². The number of carbonyl (C=O) groups is 1. The second-order valence-corrected chi connectivity index (χ2v) is 10.3. The number of aryl methyl sites for hydroxylation is 2. The minimum Gasteiger partial charge on any atom is -0.349 e. The van der Waals surface area contributed by atoms with Crippen LogP contribution < -0.4 is 10.0 Å². The van der Waals surface area contributed by atoms with Gasteiger partial charge in [-0.3, -0.25) is 4.79 Å². The number of carbonyl (C=O) groups excluding carboxylic acids is 1. The fourth-order valence-electron chi connectivity index (χ4n) is 4.37. The van der Waals surface area contributed by atoms with Crippen LogP contribution in [0.4, 0.5) is 0 Å². The summed E-state index contributed by atoms with van der Waals surface area (Å²) in [6, 6.07) is 24.3. The molecule has 4 rings (SSSR count). The second-order valence-electron chi connectivity index (χ2n) is 8.61. The third kappa shape index (κ3) is 5.89. The predicted molar refractivity (Wildman–Crippen MR) is 130 cm³/mol. The van der Waals surface area contributed by atoms with Crippen LogP contribution in [-0.2, 0) is 27.7 Å². The lowest BCUT2D eigenvalue weighted by Gasteiger charge is -2.26. The molecule has 5 nitrogen and oxygen atoms in total. The molecule has 3 aromatic rings. The summed E-state index contributed by atoms with van der Waals surface area (Å²) in [6.07, 6.45) is 4.04. The molecule has 0 bridgehead atoms. The van der Waals surface area contributed by atoms with Gasteiger partial charge in [0, 0.05) is 12.5 Å². The number of hydrogen-bond acceptors (Lipinski definition) is 3. The van der Waals surface area contributed by atoms with Gasteiger partial charge in [-0.15, -0.1) is 0 Å². The fraction of sp³-hybridized carbons (Fsp3) is 0.296. The van der Waals surface area contributed by atoms with E-state index in [1.807, 2.05) is 49.4 Å². The normalized spacial score (nSPS) is 16.6. The van der Waals surface area contributed by atoms with Crippen molar-refractivity contribution in [2.75, 3.05) is 0 Å². The van der Waals surface area contributed by atoms with E-state index in [0.29, 0.717) is 12.8 Å². The predicted octanol–water partition coefficient (Wildman–Crippen LogP) is 4.85. The van der Waals surface area contributed by atoms with E-state index in [-0.39, 0.29) is 22.9 Å². The summed E-state index contributed by atoms with van der Waals surface area (Å²) in [5.41, 5.74) is 4.39. The Hall–Kier alpha value is -2.96. The lowest BCUT2D eigenvalue weighted by Crippen LogP contribution is -2.31. The van der Waals surface area contributed by atoms with Crippen LogP contribution in [0.15, 0.2) is 83.8 Å². The molecule has 0 radical (unpaired) electrons. The first-order valence-electron chi connectivity index (χ1n) is 11.5. The molecule has 0 aromatic heterocycles. The van der Waals surface area contributed by atoms with E-state index in [9.17, 15) is 13.2 Å². The van der Waals surface area contributed by atoms with E-state index in [4.69, 9.17) is 0 Å². The molecule has 0 heterocycles. The van der Waals surface area contributed by atoms with Crippen molar-refractivity contribution in [3.63, 3.8) is 0 Å². The monoisotopic (exact) mass is 462 g/mol. The SMILES string of the molecule is C[C@H](NS(=O)(=O)c1ccc(CCC(=O)N[C@@H]2CCCc3ccccc32)cc1)c1ccccc1. The molecule has 2 N–H and O–H groups in total. The van der Waals surface area contributed by atoms with Crippen molar-refractivity contribution in [2.24, 2.45) is 0 Å². The van der Waals surface area contributed by atoms with Crippen LogP contribution in [0.3, 0.4) is 0 Å². The Kier molecular flexibility index (Phi) is 7.26. The maximum atomic E-state index is 12.7. The molecule has 172 valence electrons. The van der Waals surface area contributed by atoms with Gasteiger partial charge < -0.3 is 5.32 Å². The van der Waals surface area contributed by atoms with Crippen LogP contribution >= 0.6 is 0 Å². The Morgan fingerprint density at radius 3 is 2.42 bits per heavy atom. The van der Waals surface area contributed by atoms with E-state index in [1.54, 1.807) is 24.3 Å². The van der Waals surface area contributed by atoms with Gasteiger partial charge in [-0.2, -0.15) is 0 Å². The van der Waals surface area contributed by atoms with Gasteiger partial charge in [-0.05, 0) is 67.0 Å². The number of fused-ring (bicyclic) bond motifs is 1. The topological polar surface area (TPSA) is 75.3 Å². The van der Waals surface area contributed by atoms with Crippen molar-refractivity contribution in [3.05, 3.63) is 101 Å². The van der Waals surface area contributed by atoms with Gasteiger partial charge in [0.05, 0.1) is 10.9 Å². The minimum absolute atomic E-state index is 0.0201. The number of sulfonamides is 1. The van der Waals surface area contributed by atoms with Crippen molar-refractivity contribution in [3.8, 4) is 0 Å². The molecule has 0 saturated heterocycles. The number of amides is 1. The highest BCUT2D eigenvalue weighted by Gasteiger charge is 2.21. The van der Waals surface area contributed by atoms with Gasteiger partial charge in [-0.25, -0.2) is 13.1 Å². The summed E-state index contributed by atoms with van der Waals surface area (Å²) in [7, 11) is -3.63. The molecule has 33 heavy (non-hydrogen) atoms. The lowest BCUT2D eigenvalue weighted by molar-refractivity contribution is -0.121. The van der Waals surface area contributed by atoms with Gasteiger partial charge >= 0.3 is 0 Å². The third-order valence-corrected chi connectivity index (χ3v) is 7.77. The first kappa shape index (κ1) is 23.2. The Balaban J connectivity index is 1.32. The number of rotatable bonds is 8. The summed E-state index contributed by atoms with van der Waals surface area (Å²) in [6.45, 7) is 1.82. The first-order chi connectivity index (χ1) is 15.9. The van der Waals surface area contributed by atoms with Gasteiger partial charge in [0.15, 0.2) is 0 Å². The second kappa shape index (κ2) is 10.3. The van der Waals surface area contributed by atoms with Crippen LogP contribution in [-0.4, -0.2) is 14.3 Å². The highest BCUT2D eigenvalue weighted by Crippen LogP contribution is 2.29. The van der Waals surface area contributed by atoms with E-state index in [2.05, 4.69) is 22.2 Å². The average molecular weight is 463 g/mol. The molecule has 0 unspecified atom stereocenters. The maximum absolute atomic E-state index is 12.7. The van der Waals surface area contributed by atoms with E-state index >= 15 is 0 Å². The van der Waals surface area contributed by atoms with Crippen LogP contribution in [0.2, 0.25) is 0 Å². The molecule has 1 aliphatic rings. The van der Waals surface area contributed by atoms with E-state index < -0.39 is 10.0 Å². The van der Waals surface area contributed by atoms with Gasteiger partial charge in [0.2, 0.25) is 15.9 Å². The Labute approximate surface area is 196 Å². The van der Waals surface area contributed by atoms with Crippen LogP contribution in [0, 0.1) is 0 Å².